The monoisotopic (exact) mass is 365 g/mol. The quantitative estimate of drug-likeness (QED) is 0.696. The van der Waals surface area contributed by atoms with E-state index in [1.165, 1.54) is 16.4 Å². The third-order valence-electron chi connectivity index (χ3n) is 2.88. The minimum absolute atomic E-state index is 0.578. The second kappa shape index (κ2) is 5.95. The van der Waals surface area contributed by atoms with Gasteiger partial charge in [-0.2, -0.15) is 4.37 Å². The van der Waals surface area contributed by atoms with E-state index in [1.54, 1.807) is 11.3 Å². The van der Waals surface area contributed by atoms with Crippen molar-refractivity contribution in [3.63, 3.8) is 0 Å². The van der Waals surface area contributed by atoms with Crippen LogP contribution in [0.4, 0.5) is 10.8 Å². The number of hydrogen-bond acceptors (Lipinski definition) is 5. The lowest BCUT2D eigenvalue weighted by Gasteiger charge is -2.06. The van der Waals surface area contributed by atoms with E-state index in [0.29, 0.717) is 5.82 Å². The fraction of sp³-hybridized carbons (Fsp3) is 0.0714. The molecule has 0 bridgehead atoms. The first-order valence-corrected chi connectivity index (χ1v) is 8.46. The van der Waals surface area contributed by atoms with Gasteiger partial charge in [-0.3, -0.25) is 0 Å². The van der Waals surface area contributed by atoms with Gasteiger partial charge in [-0.25, -0.2) is 0 Å². The maximum Gasteiger partial charge on any atom is 0.147 e. The third kappa shape index (κ3) is 2.72. The van der Waals surface area contributed by atoms with Crippen molar-refractivity contribution in [2.75, 3.05) is 11.1 Å². The summed E-state index contributed by atoms with van der Waals surface area (Å²) in [6.45, 7) is 0.764. The Balaban J connectivity index is 1.86. The lowest BCUT2D eigenvalue weighted by Crippen LogP contribution is -1.98. The average Bonchev–Trinajstić information content (AvgIpc) is 3.03. The van der Waals surface area contributed by atoms with Gasteiger partial charge in [0.25, 0.3) is 0 Å². The van der Waals surface area contributed by atoms with Crippen LogP contribution >= 0.6 is 38.8 Å². The number of halogens is 1. The molecule has 0 amide bonds. The van der Waals surface area contributed by atoms with Crippen molar-refractivity contribution in [2.24, 2.45) is 0 Å². The number of nitrogens with one attached hydrogen (secondary N) is 1. The molecule has 0 unspecified atom stereocenters. The molecule has 0 saturated carbocycles. The number of thiophene rings is 1. The molecule has 20 heavy (non-hydrogen) atoms. The Labute approximate surface area is 133 Å². The normalized spacial score (nSPS) is 10.7. The van der Waals surface area contributed by atoms with Crippen molar-refractivity contribution in [2.45, 2.75) is 6.54 Å². The molecule has 0 fully saturated rings. The Morgan fingerprint density at radius 3 is 2.70 bits per heavy atom. The van der Waals surface area contributed by atoms with Crippen LogP contribution in [0.1, 0.15) is 4.88 Å². The molecule has 102 valence electrons. The Morgan fingerprint density at radius 2 is 2.00 bits per heavy atom. The van der Waals surface area contributed by atoms with Gasteiger partial charge >= 0.3 is 0 Å². The molecule has 1 aromatic carbocycles. The van der Waals surface area contributed by atoms with Gasteiger partial charge in [-0.1, -0.05) is 30.3 Å². The maximum absolute atomic E-state index is 6.00. The van der Waals surface area contributed by atoms with E-state index in [0.717, 1.165) is 27.1 Å². The maximum atomic E-state index is 6.00. The van der Waals surface area contributed by atoms with Gasteiger partial charge in [0.15, 0.2) is 0 Å². The van der Waals surface area contributed by atoms with Crippen LogP contribution in [-0.2, 0) is 6.54 Å². The van der Waals surface area contributed by atoms with Crippen LogP contribution < -0.4 is 11.1 Å². The van der Waals surface area contributed by atoms with E-state index < -0.39 is 0 Å². The highest BCUT2D eigenvalue weighted by atomic mass is 79.9. The second-order valence-electron chi connectivity index (χ2n) is 4.18. The summed E-state index contributed by atoms with van der Waals surface area (Å²) < 4.78 is 5.40. The van der Waals surface area contributed by atoms with Crippen LogP contribution in [0.2, 0.25) is 0 Å². The van der Waals surface area contributed by atoms with Crippen molar-refractivity contribution in [1.82, 2.24) is 4.37 Å². The molecule has 6 heteroatoms. The van der Waals surface area contributed by atoms with Crippen molar-refractivity contribution in [1.29, 1.82) is 0 Å². The van der Waals surface area contributed by atoms with Crippen LogP contribution in [0.15, 0.2) is 46.3 Å². The molecule has 3 nitrogen and oxygen atoms in total. The predicted octanol–water partition coefficient (Wildman–Crippen LogP) is 4.83. The largest absolute Gasteiger partial charge is 0.382 e. The van der Waals surface area contributed by atoms with E-state index in [4.69, 9.17) is 5.73 Å². The molecular formula is C14H12BrN3S2. The zero-order chi connectivity index (χ0) is 13.9. The number of aromatic nitrogens is 1. The number of nitrogens with two attached hydrogens (primary N) is 1. The number of anilines is 2. The fourth-order valence-corrected chi connectivity index (χ4v) is 4.08. The molecule has 0 saturated heterocycles. The summed E-state index contributed by atoms with van der Waals surface area (Å²) in [7, 11) is 0. The van der Waals surface area contributed by atoms with Gasteiger partial charge < -0.3 is 11.1 Å². The van der Waals surface area contributed by atoms with Crippen LogP contribution in [0.25, 0.3) is 11.1 Å². The first-order valence-electron chi connectivity index (χ1n) is 6.02. The zero-order valence-electron chi connectivity index (χ0n) is 10.5. The summed E-state index contributed by atoms with van der Waals surface area (Å²) in [4.78, 5) is 1.26. The van der Waals surface area contributed by atoms with Crippen molar-refractivity contribution < 1.29 is 0 Å². The predicted molar refractivity (Wildman–Crippen MR) is 91.3 cm³/mol. The molecule has 0 radical (unpaired) electrons. The average molecular weight is 366 g/mol. The first kappa shape index (κ1) is 13.6. The standard InChI is InChI=1S/C14H12BrN3S2/c15-10-6-7-19-11(10)8-17-14-12(13(16)18-20-14)9-4-2-1-3-5-9/h1-7,17H,8H2,(H2,16,18). The molecular weight excluding hydrogens is 354 g/mol. The lowest BCUT2D eigenvalue weighted by atomic mass is 10.1. The molecule has 3 N–H and O–H groups in total. The van der Waals surface area contributed by atoms with Crippen LogP contribution in [0.3, 0.4) is 0 Å². The highest BCUT2D eigenvalue weighted by Gasteiger charge is 2.13. The summed E-state index contributed by atoms with van der Waals surface area (Å²) in [6.07, 6.45) is 0. The van der Waals surface area contributed by atoms with Crippen molar-refractivity contribution in [3.05, 3.63) is 51.1 Å². The minimum atomic E-state index is 0.578. The number of benzene rings is 1. The second-order valence-corrected chi connectivity index (χ2v) is 6.81. The van der Waals surface area contributed by atoms with Crippen LogP contribution in [0.5, 0.6) is 0 Å². The fourth-order valence-electron chi connectivity index (χ4n) is 1.92. The lowest BCUT2D eigenvalue weighted by molar-refractivity contribution is 1.20. The molecule has 2 aromatic heterocycles. The summed E-state index contributed by atoms with van der Waals surface area (Å²) >= 11 is 6.66. The molecule has 3 rings (SSSR count). The molecule has 0 aliphatic rings. The third-order valence-corrected chi connectivity index (χ3v) is 5.63. The summed E-state index contributed by atoms with van der Waals surface area (Å²) in [5.74, 6) is 0.578. The summed E-state index contributed by atoms with van der Waals surface area (Å²) in [6, 6.07) is 12.2. The van der Waals surface area contributed by atoms with Gasteiger partial charge in [-0.05, 0) is 44.5 Å². The Morgan fingerprint density at radius 1 is 1.20 bits per heavy atom. The molecule has 0 spiro atoms. The SMILES string of the molecule is Nc1nsc(NCc2sccc2Br)c1-c1ccccc1. The van der Waals surface area contributed by atoms with Gasteiger partial charge in [0, 0.05) is 9.35 Å². The Kier molecular flexibility index (Phi) is 4.05. The zero-order valence-corrected chi connectivity index (χ0v) is 13.7. The van der Waals surface area contributed by atoms with E-state index in [-0.39, 0.29) is 0 Å². The van der Waals surface area contributed by atoms with Crippen LogP contribution in [0, 0.1) is 0 Å². The molecule has 0 aliphatic carbocycles. The van der Waals surface area contributed by atoms with Crippen molar-refractivity contribution in [3.8, 4) is 11.1 Å². The van der Waals surface area contributed by atoms with Gasteiger partial charge in [0.05, 0.1) is 12.1 Å². The highest BCUT2D eigenvalue weighted by molar-refractivity contribution is 9.10. The topological polar surface area (TPSA) is 50.9 Å². The number of rotatable bonds is 4. The van der Waals surface area contributed by atoms with Gasteiger partial charge in [0.2, 0.25) is 0 Å². The van der Waals surface area contributed by atoms with E-state index in [9.17, 15) is 0 Å². The van der Waals surface area contributed by atoms with Crippen molar-refractivity contribution >= 4 is 49.6 Å². The van der Waals surface area contributed by atoms with Gasteiger partial charge in [-0.15, -0.1) is 11.3 Å². The minimum Gasteiger partial charge on any atom is -0.382 e. The molecule has 3 aromatic rings. The first-order chi connectivity index (χ1) is 9.75. The van der Waals surface area contributed by atoms with E-state index >= 15 is 0 Å². The Bertz CT molecular complexity index is 706. The summed E-state index contributed by atoms with van der Waals surface area (Å²) in [5, 5.41) is 6.51. The molecule has 2 heterocycles. The number of nitrogen functional groups attached to an aromatic ring is 1. The highest BCUT2D eigenvalue weighted by Crippen LogP contribution is 2.37. The number of nitrogens with zero attached hydrogens (tertiary/aromatic N) is 1. The van der Waals surface area contributed by atoms with Gasteiger partial charge in [0.1, 0.15) is 10.8 Å². The number of hydrogen-bond donors (Lipinski definition) is 2. The molecule has 0 atom stereocenters. The van der Waals surface area contributed by atoms with Crippen LogP contribution in [-0.4, -0.2) is 4.37 Å². The summed E-state index contributed by atoms with van der Waals surface area (Å²) in [5.41, 5.74) is 8.08. The van der Waals surface area contributed by atoms with E-state index in [1.807, 2.05) is 30.3 Å². The molecule has 0 aliphatic heterocycles. The Hall–Kier alpha value is -1.37. The van der Waals surface area contributed by atoms with E-state index in [2.05, 4.69) is 37.1 Å². The smallest absolute Gasteiger partial charge is 0.147 e.